The quantitative estimate of drug-likeness (QED) is 0.723. The van der Waals surface area contributed by atoms with E-state index in [-0.39, 0.29) is 11.7 Å². The minimum absolute atomic E-state index is 0.101. The van der Waals surface area contributed by atoms with E-state index in [2.05, 4.69) is 0 Å². The fourth-order valence-electron chi connectivity index (χ4n) is 1.73. The number of hydrogen-bond acceptors (Lipinski definition) is 2. The lowest BCUT2D eigenvalue weighted by atomic mass is 9.91. The second-order valence-electron chi connectivity index (χ2n) is 3.82. The number of carbonyl (C=O) groups excluding carboxylic acids is 1. The van der Waals surface area contributed by atoms with Crippen LogP contribution in [0.15, 0.2) is 48.6 Å². The first-order valence-corrected chi connectivity index (χ1v) is 5.59. The van der Waals surface area contributed by atoms with Crippen LogP contribution in [0.25, 0.3) is 5.57 Å². The van der Waals surface area contributed by atoms with Crippen LogP contribution in [0.4, 0.5) is 0 Å². The summed E-state index contributed by atoms with van der Waals surface area (Å²) in [5.41, 5.74) is 2.20. The van der Waals surface area contributed by atoms with Gasteiger partial charge in [0.25, 0.3) is 0 Å². The molecule has 16 heavy (non-hydrogen) atoms. The lowest BCUT2D eigenvalue weighted by molar-refractivity contribution is -0.117. The van der Waals surface area contributed by atoms with Gasteiger partial charge in [-0.2, -0.15) is 0 Å². The topological polar surface area (TPSA) is 17.1 Å². The molecule has 0 spiro atoms. The van der Waals surface area contributed by atoms with Gasteiger partial charge in [-0.05, 0) is 24.1 Å². The van der Waals surface area contributed by atoms with Gasteiger partial charge in [-0.15, -0.1) is 0 Å². The van der Waals surface area contributed by atoms with Gasteiger partial charge in [0.15, 0.2) is 0 Å². The molecule has 0 bridgehead atoms. The Kier molecular flexibility index (Phi) is 3.11. The Morgan fingerprint density at radius 1 is 1.25 bits per heavy atom. The van der Waals surface area contributed by atoms with Crippen LogP contribution in [0.3, 0.4) is 0 Å². The van der Waals surface area contributed by atoms with Gasteiger partial charge in [0.05, 0.1) is 5.92 Å². The van der Waals surface area contributed by atoms with Crippen LogP contribution in [0.1, 0.15) is 12.5 Å². The molecule has 0 radical (unpaired) electrons. The van der Waals surface area contributed by atoms with Crippen LogP contribution in [0, 0.1) is 5.92 Å². The van der Waals surface area contributed by atoms with E-state index in [1.165, 1.54) is 0 Å². The number of Topliss-reactive ketones (excluding diaryl/α,β-unsaturated/α-hetero) is 1. The first kappa shape index (κ1) is 11.0. The summed E-state index contributed by atoms with van der Waals surface area (Å²) in [7, 11) is 0. The molecule has 2 rings (SSSR count). The molecule has 1 nitrogen and oxygen atoms in total. The summed E-state index contributed by atoms with van der Waals surface area (Å²) in [5, 5.41) is 0. The largest absolute Gasteiger partial charge is 0.299 e. The van der Waals surface area contributed by atoms with Gasteiger partial charge in [-0.25, -0.2) is 0 Å². The Bertz CT molecular complexity index is 483. The number of carbonyl (C=O) groups is 1. The molecule has 80 valence electrons. The number of benzene rings is 1. The Morgan fingerprint density at radius 3 is 2.50 bits per heavy atom. The molecule has 1 aromatic rings. The Balaban J connectivity index is 2.30. The minimum atomic E-state index is -0.220. The van der Waals surface area contributed by atoms with Crippen LogP contribution in [0.5, 0.6) is 0 Å². The molecule has 1 aliphatic carbocycles. The van der Waals surface area contributed by atoms with E-state index in [0.29, 0.717) is 4.86 Å². The van der Waals surface area contributed by atoms with Gasteiger partial charge in [0.2, 0.25) is 0 Å². The van der Waals surface area contributed by atoms with Gasteiger partial charge >= 0.3 is 0 Å². The molecule has 0 N–H and O–H groups in total. The molecule has 1 aromatic carbocycles. The third kappa shape index (κ3) is 2.17. The maximum atomic E-state index is 11.3. The Labute approximate surface area is 100 Å². The predicted molar refractivity (Wildman–Crippen MR) is 70.3 cm³/mol. The van der Waals surface area contributed by atoms with E-state index in [1.807, 2.05) is 48.6 Å². The van der Waals surface area contributed by atoms with E-state index in [1.54, 1.807) is 6.92 Å². The van der Waals surface area contributed by atoms with Crippen molar-refractivity contribution in [1.82, 2.24) is 0 Å². The molecule has 1 unspecified atom stereocenters. The lowest BCUT2D eigenvalue weighted by Crippen LogP contribution is -2.18. The number of rotatable bonds is 2. The molecular weight excluding hydrogens is 216 g/mol. The van der Waals surface area contributed by atoms with Crippen molar-refractivity contribution < 1.29 is 4.79 Å². The zero-order chi connectivity index (χ0) is 11.5. The van der Waals surface area contributed by atoms with Crippen molar-refractivity contribution in [2.24, 2.45) is 5.92 Å². The maximum absolute atomic E-state index is 11.3. The maximum Gasteiger partial charge on any atom is 0.141 e. The summed E-state index contributed by atoms with van der Waals surface area (Å²) in [6, 6.07) is 10.0. The Morgan fingerprint density at radius 2 is 1.94 bits per heavy atom. The SMILES string of the molecule is CC(=O)C1C=CC(c2ccccc2)=CC1=S. The van der Waals surface area contributed by atoms with E-state index >= 15 is 0 Å². The Hall–Kier alpha value is -1.54. The first-order valence-electron chi connectivity index (χ1n) is 5.18. The summed E-state index contributed by atoms with van der Waals surface area (Å²) >= 11 is 5.23. The highest BCUT2D eigenvalue weighted by molar-refractivity contribution is 7.80. The van der Waals surface area contributed by atoms with Gasteiger partial charge in [-0.1, -0.05) is 54.7 Å². The van der Waals surface area contributed by atoms with E-state index in [4.69, 9.17) is 12.2 Å². The van der Waals surface area contributed by atoms with Crippen molar-refractivity contribution in [3.8, 4) is 0 Å². The smallest absolute Gasteiger partial charge is 0.141 e. The molecule has 0 fully saturated rings. The summed E-state index contributed by atoms with van der Waals surface area (Å²) in [4.78, 5) is 12.0. The van der Waals surface area contributed by atoms with Crippen LogP contribution < -0.4 is 0 Å². The summed E-state index contributed by atoms with van der Waals surface area (Å²) in [6.07, 6.45) is 5.76. The predicted octanol–water partition coefficient (Wildman–Crippen LogP) is 3.21. The molecular formula is C14H12OS. The standard InChI is InChI=1S/C14H12OS/c1-10(15)13-8-7-12(9-14(13)16)11-5-3-2-4-6-11/h2-9,13H,1H3. The average molecular weight is 228 g/mol. The van der Waals surface area contributed by atoms with Crippen LogP contribution in [-0.2, 0) is 4.79 Å². The number of ketones is 1. The molecule has 0 amide bonds. The van der Waals surface area contributed by atoms with Crippen molar-refractivity contribution in [2.75, 3.05) is 0 Å². The van der Waals surface area contributed by atoms with Crippen LogP contribution in [-0.4, -0.2) is 10.6 Å². The molecule has 1 aliphatic rings. The van der Waals surface area contributed by atoms with E-state index in [0.717, 1.165) is 11.1 Å². The van der Waals surface area contributed by atoms with Crippen molar-refractivity contribution in [1.29, 1.82) is 0 Å². The van der Waals surface area contributed by atoms with Crippen LogP contribution in [0.2, 0.25) is 0 Å². The molecule has 0 saturated heterocycles. The van der Waals surface area contributed by atoms with Gasteiger partial charge in [0.1, 0.15) is 5.78 Å². The average Bonchev–Trinajstić information content (AvgIpc) is 2.29. The van der Waals surface area contributed by atoms with E-state index < -0.39 is 0 Å². The summed E-state index contributed by atoms with van der Waals surface area (Å²) in [5.74, 6) is -0.118. The monoisotopic (exact) mass is 228 g/mol. The van der Waals surface area contributed by atoms with Gasteiger partial charge in [0, 0.05) is 4.86 Å². The summed E-state index contributed by atoms with van der Waals surface area (Å²) in [6.45, 7) is 1.57. The normalized spacial score (nSPS) is 19.4. The fraction of sp³-hybridized carbons (Fsp3) is 0.143. The number of hydrogen-bond donors (Lipinski definition) is 0. The molecule has 0 heterocycles. The third-order valence-corrected chi connectivity index (χ3v) is 2.99. The molecule has 0 aliphatic heterocycles. The number of thiocarbonyl (C=S) groups is 1. The zero-order valence-corrected chi connectivity index (χ0v) is 9.83. The second-order valence-corrected chi connectivity index (χ2v) is 4.29. The second kappa shape index (κ2) is 4.54. The van der Waals surface area contributed by atoms with Crippen molar-refractivity contribution >= 4 is 28.4 Å². The zero-order valence-electron chi connectivity index (χ0n) is 9.01. The molecule has 0 aromatic heterocycles. The minimum Gasteiger partial charge on any atom is -0.299 e. The lowest BCUT2D eigenvalue weighted by Gasteiger charge is -2.14. The van der Waals surface area contributed by atoms with Crippen LogP contribution >= 0.6 is 12.2 Å². The fourth-order valence-corrected chi connectivity index (χ4v) is 2.10. The van der Waals surface area contributed by atoms with Crippen molar-refractivity contribution in [3.05, 3.63) is 54.1 Å². The third-order valence-electron chi connectivity index (χ3n) is 2.62. The van der Waals surface area contributed by atoms with Gasteiger partial charge in [-0.3, -0.25) is 4.79 Å². The number of allylic oxidation sites excluding steroid dienone is 4. The highest BCUT2D eigenvalue weighted by Gasteiger charge is 2.18. The summed E-state index contributed by atoms with van der Waals surface area (Å²) < 4.78 is 0. The molecule has 2 heteroatoms. The highest BCUT2D eigenvalue weighted by atomic mass is 32.1. The van der Waals surface area contributed by atoms with Crippen molar-refractivity contribution in [3.63, 3.8) is 0 Å². The van der Waals surface area contributed by atoms with Crippen molar-refractivity contribution in [2.45, 2.75) is 6.92 Å². The molecule has 0 saturated carbocycles. The molecule has 1 atom stereocenters. The van der Waals surface area contributed by atoms with Gasteiger partial charge < -0.3 is 0 Å². The van der Waals surface area contributed by atoms with E-state index in [9.17, 15) is 4.79 Å². The highest BCUT2D eigenvalue weighted by Crippen LogP contribution is 2.23. The first-order chi connectivity index (χ1) is 7.68.